The molecule has 0 heterocycles. The molecule has 0 aromatic heterocycles. The van der Waals surface area contributed by atoms with Crippen molar-refractivity contribution in [1.29, 1.82) is 0 Å². The topological polar surface area (TPSA) is 32.3 Å². The largest absolute Gasteiger partial charge is 0.405 e. The molecule has 0 unspecified atom stereocenters. The molecule has 0 bridgehead atoms. The third kappa shape index (κ3) is 4.25. The van der Waals surface area contributed by atoms with Gasteiger partial charge in [-0.1, -0.05) is 30.2 Å². The van der Waals surface area contributed by atoms with E-state index in [1.54, 1.807) is 4.90 Å². The third-order valence-corrected chi connectivity index (χ3v) is 3.67. The molecule has 1 N–H and O–H groups in total. The van der Waals surface area contributed by atoms with Crippen LogP contribution in [0.1, 0.15) is 23.6 Å². The van der Waals surface area contributed by atoms with Crippen molar-refractivity contribution in [3.63, 3.8) is 0 Å². The smallest absolute Gasteiger partial charge is 0.346 e. The number of amides is 1. The van der Waals surface area contributed by atoms with Crippen LogP contribution in [0.15, 0.2) is 24.3 Å². The number of fused-ring (bicyclic) bond motifs is 1. The first kappa shape index (κ1) is 16.4. The quantitative estimate of drug-likeness (QED) is 0.846. The van der Waals surface area contributed by atoms with Gasteiger partial charge in [-0.15, -0.1) is 6.42 Å². The Balaban J connectivity index is 2.02. The number of nitrogens with zero attached hydrogens (tertiary/aromatic N) is 1. The molecule has 1 atom stereocenters. The highest BCUT2D eigenvalue weighted by Crippen LogP contribution is 2.35. The highest BCUT2D eigenvalue weighted by Gasteiger charge is 2.30. The van der Waals surface area contributed by atoms with Gasteiger partial charge in [0.15, 0.2) is 0 Å². The summed E-state index contributed by atoms with van der Waals surface area (Å²) in [5.41, 5.74) is 2.30. The Bertz CT molecular complexity index is 577. The number of hydrogen-bond donors (Lipinski definition) is 1. The second kappa shape index (κ2) is 6.84. The summed E-state index contributed by atoms with van der Waals surface area (Å²) in [6, 6.07) is 7.83. The van der Waals surface area contributed by atoms with Crippen LogP contribution in [0.2, 0.25) is 0 Å². The number of rotatable bonds is 5. The number of terminal acetylenes is 1. The molecule has 0 fully saturated rings. The van der Waals surface area contributed by atoms with E-state index in [4.69, 9.17) is 6.42 Å². The molecule has 0 saturated heterocycles. The minimum Gasteiger partial charge on any atom is -0.346 e. The van der Waals surface area contributed by atoms with Crippen LogP contribution in [-0.2, 0) is 11.2 Å². The first-order valence-electron chi connectivity index (χ1n) is 6.99. The van der Waals surface area contributed by atoms with Crippen LogP contribution in [-0.4, -0.2) is 36.6 Å². The van der Waals surface area contributed by atoms with Crippen molar-refractivity contribution in [1.82, 2.24) is 10.2 Å². The van der Waals surface area contributed by atoms with E-state index < -0.39 is 18.6 Å². The van der Waals surface area contributed by atoms with E-state index in [-0.39, 0.29) is 19.1 Å². The van der Waals surface area contributed by atoms with Gasteiger partial charge in [0.05, 0.1) is 13.1 Å². The van der Waals surface area contributed by atoms with Gasteiger partial charge in [0.25, 0.3) is 0 Å². The fourth-order valence-corrected chi connectivity index (χ4v) is 2.75. The van der Waals surface area contributed by atoms with Crippen molar-refractivity contribution in [3.8, 4) is 12.3 Å². The Kier molecular flexibility index (Phi) is 5.09. The van der Waals surface area contributed by atoms with Crippen molar-refractivity contribution >= 4 is 5.91 Å². The molecular formula is C16H17F3N2O. The second-order valence-corrected chi connectivity index (χ2v) is 5.25. The van der Waals surface area contributed by atoms with Gasteiger partial charge in [-0.05, 0) is 24.0 Å². The standard InChI is InChI=1S/C16H17F3N2O/c1-2-9-21(10-15(22)20-11-16(17,18)19)14-8-7-12-5-3-4-6-13(12)14/h1,3-6,14H,7-11H2,(H,20,22)/t14-/m1/s1. The fourth-order valence-electron chi connectivity index (χ4n) is 2.75. The molecule has 0 aliphatic heterocycles. The van der Waals surface area contributed by atoms with Gasteiger partial charge >= 0.3 is 6.18 Å². The average molecular weight is 310 g/mol. The maximum absolute atomic E-state index is 12.1. The van der Waals surface area contributed by atoms with E-state index in [1.807, 2.05) is 29.6 Å². The van der Waals surface area contributed by atoms with E-state index >= 15 is 0 Å². The lowest BCUT2D eigenvalue weighted by atomic mass is 10.1. The van der Waals surface area contributed by atoms with E-state index in [2.05, 4.69) is 5.92 Å². The molecule has 3 nitrogen and oxygen atoms in total. The predicted molar refractivity (Wildman–Crippen MR) is 77.0 cm³/mol. The number of halogens is 3. The van der Waals surface area contributed by atoms with Crippen LogP contribution in [0.25, 0.3) is 0 Å². The second-order valence-electron chi connectivity index (χ2n) is 5.25. The van der Waals surface area contributed by atoms with Gasteiger partial charge < -0.3 is 5.32 Å². The summed E-state index contributed by atoms with van der Waals surface area (Å²) in [4.78, 5) is 13.5. The molecule has 118 valence electrons. The fraction of sp³-hybridized carbons (Fsp3) is 0.438. The van der Waals surface area contributed by atoms with Crippen molar-refractivity contribution < 1.29 is 18.0 Å². The van der Waals surface area contributed by atoms with Gasteiger partial charge in [0, 0.05) is 6.04 Å². The van der Waals surface area contributed by atoms with E-state index in [0.29, 0.717) is 0 Å². The Morgan fingerprint density at radius 1 is 1.41 bits per heavy atom. The molecule has 1 amide bonds. The number of nitrogens with one attached hydrogen (secondary N) is 1. The maximum Gasteiger partial charge on any atom is 0.405 e. The monoisotopic (exact) mass is 310 g/mol. The molecule has 1 aliphatic carbocycles. The van der Waals surface area contributed by atoms with Crippen LogP contribution in [0.3, 0.4) is 0 Å². The van der Waals surface area contributed by atoms with Crippen LogP contribution in [0.5, 0.6) is 0 Å². The number of aryl methyl sites for hydroxylation is 1. The number of carbonyl (C=O) groups excluding carboxylic acids is 1. The zero-order chi connectivity index (χ0) is 16.2. The lowest BCUT2D eigenvalue weighted by Crippen LogP contribution is -2.42. The molecule has 1 aromatic rings. The van der Waals surface area contributed by atoms with E-state index in [0.717, 1.165) is 18.4 Å². The van der Waals surface area contributed by atoms with Gasteiger partial charge in [-0.2, -0.15) is 13.2 Å². The summed E-state index contributed by atoms with van der Waals surface area (Å²) in [5.74, 6) is 1.81. The average Bonchev–Trinajstić information content (AvgIpc) is 2.88. The van der Waals surface area contributed by atoms with Gasteiger partial charge in [0.1, 0.15) is 6.54 Å². The minimum atomic E-state index is -4.41. The van der Waals surface area contributed by atoms with Crippen molar-refractivity contribution in [2.45, 2.75) is 25.1 Å². The number of carbonyl (C=O) groups is 1. The first-order chi connectivity index (χ1) is 10.4. The summed E-state index contributed by atoms with van der Waals surface area (Å²) >= 11 is 0. The summed E-state index contributed by atoms with van der Waals surface area (Å²) in [6.07, 6.45) is 2.62. The molecule has 0 saturated carbocycles. The molecule has 22 heavy (non-hydrogen) atoms. The van der Waals surface area contributed by atoms with Crippen LogP contribution < -0.4 is 5.32 Å². The Morgan fingerprint density at radius 2 is 2.14 bits per heavy atom. The highest BCUT2D eigenvalue weighted by atomic mass is 19.4. The van der Waals surface area contributed by atoms with Crippen LogP contribution >= 0.6 is 0 Å². The summed E-state index contributed by atoms with van der Waals surface area (Å²) < 4.78 is 36.4. The minimum absolute atomic E-state index is 0.0242. The van der Waals surface area contributed by atoms with Crippen LogP contribution in [0.4, 0.5) is 13.2 Å². The molecule has 1 aliphatic rings. The lowest BCUT2D eigenvalue weighted by Gasteiger charge is -2.27. The molecule has 0 radical (unpaired) electrons. The molecule has 2 rings (SSSR count). The van der Waals surface area contributed by atoms with Crippen molar-refractivity contribution in [2.24, 2.45) is 0 Å². The molecule has 0 spiro atoms. The zero-order valence-electron chi connectivity index (χ0n) is 12.0. The Morgan fingerprint density at radius 3 is 2.82 bits per heavy atom. The van der Waals surface area contributed by atoms with Gasteiger partial charge in [0.2, 0.25) is 5.91 Å². The number of hydrogen-bond acceptors (Lipinski definition) is 2. The van der Waals surface area contributed by atoms with Crippen molar-refractivity contribution in [3.05, 3.63) is 35.4 Å². The van der Waals surface area contributed by atoms with E-state index in [1.165, 1.54) is 5.56 Å². The van der Waals surface area contributed by atoms with Crippen molar-refractivity contribution in [2.75, 3.05) is 19.6 Å². The van der Waals surface area contributed by atoms with E-state index in [9.17, 15) is 18.0 Å². The lowest BCUT2D eigenvalue weighted by molar-refractivity contribution is -0.139. The van der Waals surface area contributed by atoms with Crippen LogP contribution in [0, 0.1) is 12.3 Å². The SMILES string of the molecule is C#CCN(CC(=O)NCC(F)(F)F)[C@@H]1CCc2ccccc21. The highest BCUT2D eigenvalue weighted by molar-refractivity contribution is 5.78. The first-order valence-corrected chi connectivity index (χ1v) is 6.99. The van der Waals surface area contributed by atoms with Gasteiger partial charge in [-0.25, -0.2) is 0 Å². The molecule has 1 aromatic carbocycles. The Labute approximate surface area is 127 Å². The number of alkyl halides is 3. The summed E-state index contributed by atoms with van der Waals surface area (Å²) in [5, 5.41) is 1.88. The zero-order valence-corrected chi connectivity index (χ0v) is 12.0. The number of benzene rings is 1. The normalized spacial score (nSPS) is 17.1. The summed E-state index contributed by atoms with van der Waals surface area (Å²) in [7, 11) is 0. The predicted octanol–water partition coefficient (Wildman–Crippen LogP) is 2.29. The third-order valence-electron chi connectivity index (χ3n) is 3.67. The molecule has 6 heteroatoms. The summed E-state index contributed by atoms with van der Waals surface area (Å²) in [6.45, 7) is -1.24. The van der Waals surface area contributed by atoms with Gasteiger partial charge in [-0.3, -0.25) is 9.69 Å². The Hall–Kier alpha value is -2.00. The maximum atomic E-state index is 12.1. The molecular weight excluding hydrogens is 293 g/mol.